The minimum atomic E-state index is -2.97. The predicted octanol–water partition coefficient (Wildman–Crippen LogP) is 1.48. The van der Waals surface area contributed by atoms with Gasteiger partial charge in [-0.05, 0) is 43.4 Å². The van der Waals surface area contributed by atoms with E-state index in [2.05, 4.69) is 10.5 Å². The molecule has 2 heterocycles. The molecule has 1 aromatic rings. The van der Waals surface area contributed by atoms with Crippen LogP contribution in [0.4, 0.5) is 5.69 Å². The molecule has 26 heavy (non-hydrogen) atoms. The number of rotatable bonds is 5. The van der Waals surface area contributed by atoms with Gasteiger partial charge in [0.05, 0.1) is 17.2 Å². The van der Waals surface area contributed by atoms with Gasteiger partial charge < -0.3 is 4.90 Å². The number of benzene rings is 1. The van der Waals surface area contributed by atoms with Crippen LogP contribution in [0.1, 0.15) is 38.2 Å². The van der Waals surface area contributed by atoms with Crippen LogP contribution < -0.4 is 10.3 Å². The highest BCUT2D eigenvalue weighted by Gasteiger charge is 2.29. The fourth-order valence-electron chi connectivity index (χ4n) is 3.36. The zero-order valence-electron chi connectivity index (χ0n) is 14.8. The standard InChI is InChI=1S/C18H23N3O4S/c1-13(19-20-17(22)11-14-8-10-26(24,25)12-14)15-4-6-16(7-5-15)21-9-2-3-18(21)23/h4-7,14H,2-3,8-12H2,1H3,(H,20,22)/b19-13-/t14-/m0/s1. The van der Waals surface area contributed by atoms with Crippen LogP contribution in [0.5, 0.6) is 0 Å². The van der Waals surface area contributed by atoms with Gasteiger partial charge in [0.15, 0.2) is 9.84 Å². The molecular formula is C18H23N3O4S. The maximum atomic E-state index is 12.0. The Hall–Kier alpha value is -2.22. The predicted molar refractivity (Wildman–Crippen MR) is 99.8 cm³/mol. The van der Waals surface area contributed by atoms with Crippen molar-refractivity contribution < 1.29 is 18.0 Å². The number of sulfone groups is 1. The van der Waals surface area contributed by atoms with Crippen molar-refractivity contribution in [1.82, 2.24) is 5.43 Å². The molecule has 2 amide bonds. The quantitative estimate of drug-likeness (QED) is 0.621. The smallest absolute Gasteiger partial charge is 0.240 e. The molecule has 0 aliphatic carbocycles. The number of carbonyl (C=O) groups excluding carboxylic acids is 2. The summed E-state index contributed by atoms with van der Waals surface area (Å²) in [5.41, 5.74) is 4.87. The molecule has 2 saturated heterocycles. The summed E-state index contributed by atoms with van der Waals surface area (Å²) in [5, 5.41) is 4.10. The molecule has 3 rings (SSSR count). The number of hydrogen-bond acceptors (Lipinski definition) is 5. The number of hydrazone groups is 1. The number of amides is 2. The van der Waals surface area contributed by atoms with Gasteiger partial charge in [-0.25, -0.2) is 13.8 Å². The van der Waals surface area contributed by atoms with Crippen molar-refractivity contribution in [2.45, 2.75) is 32.6 Å². The van der Waals surface area contributed by atoms with Gasteiger partial charge >= 0.3 is 0 Å². The Morgan fingerprint density at radius 3 is 2.62 bits per heavy atom. The van der Waals surface area contributed by atoms with E-state index in [1.54, 1.807) is 11.8 Å². The summed E-state index contributed by atoms with van der Waals surface area (Å²) in [6, 6.07) is 7.50. The zero-order chi connectivity index (χ0) is 18.7. The van der Waals surface area contributed by atoms with Gasteiger partial charge in [0, 0.05) is 25.1 Å². The first-order valence-electron chi connectivity index (χ1n) is 8.78. The van der Waals surface area contributed by atoms with Gasteiger partial charge in [-0.15, -0.1) is 0 Å². The zero-order valence-corrected chi connectivity index (χ0v) is 15.6. The van der Waals surface area contributed by atoms with Crippen LogP contribution in [-0.4, -0.2) is 44.0 Å². The fourth-order valence-corrected chi connectivity index (χ4v) is 5.22. The minimum Gasteiger partial charge on any atom is -0.312 e. The van der Waals surface area contributed by atoms with Crippen LogP contribution in [0.3, 0.4) is 0 Å². The van der Waals surface area contributed by atoms with E-state index in [1.165, 1.54) is 0 Å². The third kappa shape index (κ3) is 4.49. The lowest BCUT2D eigenvalue weighted by Gasteiger charge is -2.15. The van der Waals surface area contributed by atoms with Crippen LogP contribution >= 0.6 is 0 Å². The molecule has 1 N–H and O–H groups in total. The van der Waals surface area contributed by atoms with Gasteiger partial charge in [0.1, 0.15) is 0 Å². The molecule has 2 fully saturated rings. The highest BCUT2D eigenvalue weighted by Crippen LogP contribution is 2.22. The normalized spacial score (nSPS) is 22.7. The lowest BCUT2D eigenvalue weighted by molar-refractivity contribution is -0.121. The third-order valence-corrected chi connectivity index (χ3v) is 6.66. The molecular weight excluding hydrogens is 354 g/mol. The second-order valence-corrected chi connectivity index (χ2v) is 9.13. The Labute approximate surface area is 153 Å². The lowest BCUT2D eigenvalue weighted by atomic mass is 10.1. The van der Waals surface area contributed by atoms with Crippen molar-refractivity contribution in [3.63, 3.8) is 0 Å². The topological polar surface area (TPSA) is 95.9 Å². The number of anilines is 1. The molecule has 0 unspecified atom stereocenters. The second-order valence-electron chi connectivity index (χ2n) is 6.90. The molecule has 0 aromatic heterocycles. The molecule has 2 aliphatic heterocycles. The maximum absolute atomic E-state index is 12.0. The molecule has 0 bridgehead atoms. The Morgan fingerprint density at radius 2 is 2.04 bits per heavy atom. The first-order valence-corrected chi connectivity index (χ1v) is 10.6. The van der Waals surface area contributed by atoms with Crippen molar-refractivity contribution in [2.75, 3.05) is 23.0 Å². The molecule has 2 aliphatic rings. The molecule has 0 radical (unpaired) electrons. The van der Waals surface area contributed by atoms with Crippen LogP contribution in [0.15, 0.2) is 29.4 Å². The molecule has 1 aromatic carbocycles. The average Bonchev–Trinajstić information content (AvgIpc) is 3.18. The van der Waals surface area contributed by atoms with Gasteiger partial charge in [0.2, 0.25) is 11.8 Å². The van der Waals surface area contributed by atoms with Crippen molar-refractivity contribution >= 4 is 33.1 Å². The Bertz CT molecular complexity index is 830. The summed E-state index contributed by atoms with van der Waals surface area (Å²) in [5.74, 6) is 0.00156. The molecule has 8 heteroatoms. The highest BCUT2D eigenvalue weighted by atomic mass is 32.2. The molecule has 140 valence electrons. The Balaban J connectivity index is 1.55. The summed E-state index contributed by atoms with van der Waals surface area (Å²) in [7, 11) is -2.97. The van der Waals surface area contributed by atoms with Crippen LogP contribution in [0, 0.1) is 5.92 Å². The highest BCUT2D eigenvalue weighted by molar-refractivity contribution is 7.91. The Morgan fingerprint density at radius 1 is 1.31 bits per heavy atom. The van der Waals surface area contributed by atoms with E-state index >= 15 is 0 Å². The van der Waals surface area contributed by atoms with Crippen molar-refractivity contribution in [2.24, 2.45) is 11.0 Å². The monoisotopic (exact) mass is 377 g/mol. The molecule has 0 spiro atoms. The van der Waals surface area contributed by atoms with Gasteiger partial charge in [-0.2, -0.15) is 5.10 Å². The second kappa shape index (κ2) is 7.57. The van der Waals surface area contributed by atoms with E-state index in [9.17, 15) is 18.0 Å². The molecule has 0 saturated carbocycles. The Kier molecular flexibility index (Phi) is 5.41. The van der Waals surface area contributed by atoms with Crippen molar-refractivity contribution in [3.8, 4) is 0 Å². The average molecular weight is 377 g/mol. The largest absolute Gasteiger partial charge is 0.312 e. The van der Waals surface area contributed by atoms with E-state index in [0.717, 1.165) is 24.2 Å². The van der Waals surface area contributed by atoms with E-state index in [4.69, 9.17) is 0 Å². The third-order valence-electron chi connectivity index (χ3n) is 4.82. The lowest BCUT2D eigenvalue weighted by Crippen LogP contribution is -2.24. The fraction of sp³-hybridized carbons (Fsp3) is 0.500. The number of hydrogen-bond donors (Lipinski definition) is 1. The molecule has 7 nitrogen and oxygen atoms in total. The van der Waals surface area contributed by atoms with Gasteiger partial charge in [-0.1, -0.05) is 12.1 Å². The van der Waals surface area contributed by atoms with Gasteiger partial charge in [0.25, 0.3) is 0 Å². The first-order chi connectivity index (χ1) is 12.3. The van der Waals surface area contributed by atoms with Crippen molar-refractivity contribution in [3.05, 3.63) is 29.8 Å². The number of nitrogens with one attached hydrogen (secondary N) is 1. The summed E-state index contributed by atoms with van der Waals surface area (Å²) in [4.78, 5) is 25.5. The SMILES string of the molecule is C/C(=N/NC(=O)C[C@@H]1CCS(=O)(=O)C1)c1ccc(N2CCCC2=O)cc1. The summed E-state index contributed by atoms with van der Waals surface area (Å²) in [6.45, 7) is 2.54. The summed E-state index contributed by atoms with van der Waals surface area (Å²) < 4.78 is 22.9. The van der Waals surface area contributed by atoms with E-state index in [0.29, 0.717) is 18.6 Å². The van der Waals surface area contributed by atoms with E-state index in [1.807, 2.05) is 24.3 Å². The van der Waals surface area contributed by atoms with Gasteiger partial charge in [-0.3, -0.25) is 9.59 Å². The molecule has 1 atom stereocenters. The van der Waals surface area contributed by atoms with E-state index in [-0.39, 0.29) is 35.7 Å². The number of nitrogens with zero attached hydrogens (tertiary/aromatic N) is 2. The maximum Gasteiger partial charge on any atom is 0.240 e. The first kappa shape index (κ1) is 18.6. The van der Waals surface area contributed by atoms with Crippen LogP contribution in [0.25, 0.3) is 0 Å². The van der Waals surface area contributed by atoms with Crippen molar-refractivity contribution in [1.29, 1.82) is 0 Å². The van der Waals surface area contributed by atoms with E-state index < -0.39 is 9.84 Å². The minimum absolute atomic E-state index is 0.0831. The summed E-state index contributed by atoms with van der Waals surface area (Å²) in [6.07, 6.45) is 2.19. The summed E-state index contributed by atoms with van der Waals surface area (Å²) >= 11 is 0. The van der Waals surface area contributed by atoms with Crippen LogP contribution in [0.2, 0.25) is 0 Å². The van der Waals surface area contributed by atoms with Crippen LogP contribution in [-0.2, 0) is 19.4 Å². The number of carbonyl (C=O) groups is 2.